The lowest BCUT2D eigenvalue weighted by molar-refractivity contribution is -0.179. The first-order valence-electron chi connectivity index (χ1n) is 10.7. The highest BCUT2D eigenvalue weighted by Gasteiger charge is 2.37. The number of hydrogen-bond acceptors (Lipinski definition) is 7. The lowest BCUT2D eigenvalue weighted by Gasteiger charge is -2.37. The van der Waals surface area contributed by atoms with E-state index in [1.807, 2.05) is 30.3 Å². The summed E-state index contributed by atoms with van der Waals surface area (Å²) in [7, 11) is 1.63. The van der Waals surface area contributed by atoms with Crippen LogP contribution >= 0.6 is 11.6 Å². The third kappa shape index (κ3) is 6.89. The molecule has 2 aromatic carbocycles. The number of halogens is 1. The Morgan fingerprint density at radius 1 is 1.03 bits per heavy atom. The summed E-state index contributed by atoms with van der Waals surface area (Å²) in [6.07, 6.45) is -2.49. The molecule has 1 heterocycles. The molecular weight excluding hydrogens is 436 g/mol. The topological polar surface area (TPSA) is 97.6 Å². The normalized spacial score (nSPS) is 23.3. The van der Waals surface area contributed by atoms with Gasteiger partial charge in [0.05, 0.1) is 38.6 Å². The fourth-order valence-electron chi connectivity index (χ4n) is 3.64. The van der Waals surface area contributed by atoms with E-state index < -0.39 is 24.4 Å². The maximum Gasteiger partial charge on any atom is 0.119 e. The summed E-state index contributed by atoms with van der Waals surface area (Å²) in [6.45, 7) is 1.85. The van der Waals surface area contributed by atoms with E-state index in [0.717, 1.165) is 16.9 Å². The second-order valence-electron chi connectivity index (χ2n) is 7.78. The highest BCUT2D eigenvalue weighted by Crippen LogP contribution is 2.34. The Morgan fingerprint density at radius 2 is 1.78 bits per heavy atom. The van der Waals surface area contributed by atoms with Gasteiger partial charge in [-0.2, -0.15) is 0 Å². The average Bonchev–Trinajstić information content (AvgIpc) is 2.80. The van der Waals surface area contributed by atoms with E-state index in [9.17, 15) is 15.3 Å². The van der Waals surface area contributed by atoms with Crippen molar-refractivity contribution in [2.24, 2.45) is 0 Å². The van der Waals surface area contributed by atoms with Crippen LogP contribution < -0.4 is 4.74 Å². The zero-order valence-electron chi connectivity index (χ0n) is 18.2. The van der Waals surface area contributed by atoms with Crippen LogP contribution in [0.3, 0.4) is 0 Å². The fourth-order valence-corrected chi connectivity index (χ4v) is 3.82. The van der Waals surface area contributed by atoms with Crippen molar-refractivity contribution in [3.05, 3.63) is 64.2 Å². The van der Waals surface area contributed by atoms with Gasteiger partial charge in [-0.15, -0.1) is 0 Å². The fraction of sp³-hybridized carbons (Fsp3) is 0.500. The van der Waals surface area contributed by atoms with Crippen LogP contribution in [0.5, 0.6) is 5.75 Å². The SMILES string of the molecule is COCCOCCOc1ccc(Cc2cc([C@H]3O[C@H](CO)C[C@H](O)[C@H]3O)ccc2Cl)cc1. The predicted octanol–water partition coefficient (Wildman–Crippen LogP) is 2.52. The average molecular weight is 467 g/mol. The number of ether oxygens (including phenoxy) is 4. The highest BCUT2D eigenvalue weighted by molar-refractivity contribution is 6.31. The number of aliphatic hydroxyl groups is 3. The molecule has 176 valence electrons. The molecule has 1 fully saturated rings. The van der Waals surface area contributed by atoms with Crippen LogP contribution in [0.15, 0.2) is 42.5 Å². The van der Waals surface area contributed by atoms with Crippen LogP contribution in [0, 0.1) is 0 Å². The molecule has 0 bridgehead atoms. The Hall–Kier alpha value is -1.71. The predicted molar refractivity (Wildman–Crippen MR) is 120 cm³/mol. The van der Waals surface area contributed by atoms with Crippen LogP contribution in [-0.4, -0.2) is 73.8 Å². The molecule has 0 spiro atoms. The smallest absolute Gasteiger partial charge is 0.119 e. The van der Waals surface area contributed by atoms with Gasteiger partial charge >= 0.3 is 0 Å². The molecule has 1 aliphatic heterocycles. The number of hydrogen-bond donors (Lipinski definition) is 3. The van der Waals surface area contributed by atoms with Gasteiger partial charge in [0.15, 0.2) is 0 Å². The second kappa shape index (κ2) is 12.5. The lowest BCUT2D eigenvalue weighted by Crippen LogP contribution is -2.44. The molecule has 8 heteroatoms. The van der Waals surface area contributed by atoms with Gasteiger partial charge in [-0.25, -0.2) is 0 Å². The van der Waals surface area contributed by atoms with Crippen molar-refractivity contribution in [2.45, 2.75) is 37.3 Å². The first kappa shape index (κ1) is 24.9. The number of benzene rings is 2. The Labute approximate surface area is 193 Å². The summed E-state index contributed by atoms with van der Waals surface area (Å²) in [6, 6.07) is 13.2. The van der Waals surface area contributed by atoms with Gasteiger partial charge in [-0.3, -0.25) is 0 Å². The molecule has 0 aliphatic carbocycles. The molecule has 0 aromatic heterocycles. The van der Waals surface area contributed by atoms with Gasteiger partial charge in [-0.05, 0) is 41.3 Å². The van der Waals surface area contributed by atoms with Gasteiger partial charge in [0.25, 0.3) is 0 Å². The van der Waals surface area contributed by atoms with Gasteiger partial charge in [0.2, 0.25) is 0 Å². The molecule has 3 N–H and O–H groups in total. The highest BCUT2D eigenvalue weighted by atomic mass is 35.5. The Kier molecular flexibility index (Phi) is 9.74. The monoisotopic (exact) mass is 466 g/mol. The van der Waals surface area contributed by atoms with E-state index in [4.69, 9.17) is 30.5 Å². The third-order valence-electron chi connectivity index (χ3n) is 5.40. The minimum atomic E-state index is -1.07. The van der Waals surface area contributed by atoms with Crippen molar-refractivity contribution in [2.75, 3.05) is 40.1 Å². The summed E-state index contributed by atoms with van der Waals surface area (Å²) in [5.74, 6) is 0.756. The van der Waals surface area contributed by atoms with E-state index in [2.05, 4.69) is 0 Å². The van der Waals surface area contributed by atoms with E-state index in [1.165, 1.54) is 0 Å². The zero-order chi connectivity index (χ0) is 22.9. The van der Waals surface area contributed by atoms with Crippen LogP contribution in [-0.2, 0) is 20.6 Å². The summed E-state index contributed by atoms with van der Waals surface area (Å²) in [4.78, 5) is 0. The van der Waals surface area contributed by atoms with Crippen LogP contribution in [0.25, 0.3) is 0 Å². The molecule has 1 saturated heterocycles. The third-order valence-corrected chi connectivity index (χ3v) is 5.76. The molecule has 32 heavy (non-hydrogen) atoms. The molecule has 2 aromatic rings. The minimum Gasteiger partial charge on any atom is -0.491 e. The molecule has 4 atom stereocenters. The van der Waals surface area contributed by atoms with Gasteiger partial charge in [0, 0.05) is 18.6 Å². The van der Waals surface area contributed by atoms with Crippen molar-refractivity contribution in [3.63, 3.8) is 0 Å². The van der Waals surface area contributed by atoms with E-state index in [0.29, 0.717) is 43.4 Å². The summed E-state index contributed by atoms with van der Waals surface area (Å²) < 4.78 is 21.8. The molecule has 0 radical (unpaired) electrons. The summed E-state index contributed by atoms with van der Waals surface area (Å²) in [5.41, 5.74) is 2.63. The number of rotatable bonds is 11. The maximum atomic E-state index is 10.4. The maximum absolute atomic E-state index is 10.4. The minimum absolute atomic E-state index is 0.197. The van der Waals surface area contributed by atoms with Gasteiger partial charge in [0.1, 0.15) is 24.6 Å². The van der Waals surface area contributed by atoms with E-state index in [1.54, 1.807) is 19.2 Å². The van der Waals surface area contributed by atoms with Crippen molar-refractivity contribution in [1.29, 1.82) is 0 Å². The Balaban J connectivity index is 1.61. The van der Waals surface area contributed by atoms with Crippen molar-refractivity contribution < 1.29 is 34.3 Å². The van der Waals surface area contributed by atoms with Crippen LogP contribution in [0.2, 0.25) is 5.02 Å². The molecule has 1 aliphatic rings. The van der Waals surface area contributed by atoms with Crippen molar-refractivity contribution in [3.8, 4) is 5.75 Å². The van der Waals surface area contributed by atoms with Crippen LogP contribution in [0.4, 0.5) is 0 Å². The summed E-state index contributed by atoms with van der Waals surface area (Å²) >= 11 is 6.42. The van der Waals surface area contributed by atoms with Crippen molar-refractivity contribution in [1.82, 2.24) is 0 Å². The van der Waals surface area contributed by atoms with Gasteiger partial charge < -0.3 is 34.3 Å². The first-order chi connectivity index (χ1) is 15.5. The second-order valence-corrected chi connectivity index (χ2v) is 8.19. The number of methoxy groups -OCH3 is 1. The molecule has 7 nitrogen and oxygen atoms in total. The van der Waals surface area contributed by atoms with E-state index in [-0.39, 0.29) is 13.0 Å². The summed E-state index contributed by atoms with van der Waals surface area (Å²) in [5, 5.41) is 30.5. The number of aliphatic hydroxyl groups excluding tert-OH is 3. The lowest BCUT2D eigenvalue weighted by atomic mass is 9.91. The Morgan fingerprint density at radius 3 is 2.50 bits per heavy atom. The van der Waals surface area contributed by atoms with E-state index >= 15 is 0 Å². The van der Waals surface area contributed by atoms with Crippen LogP contribution in [0.1, 0.15) is 29.2 Å². The van der Waals surface area contributed by atoms with Gasteiger partial charge in [-0.1, -0.05) is 35.9 Å². The molecule has 0 amide bonds. The molecule has 3 rings (SSSR count). The first-order valence-corrected chi connectivity index (χ1v) is 11.1. The molecule has 0 saturated carbocycles. The molecular formula is C24H31ClO7. The zero-order valence-corrected chi connectivity index (χ0v) is 18.9. The van der Waals surface area contributed by atoms with Crippen molar-refractivity contribution >= 4 is 11.6 Å². The Bertz CT molecular complexity index is 830. The molecule has 0 unspecified atom stereocenters. The largest absolute Gasteiger partial charge is 0.491 e. The quantitative estimate of drug-likeness (QED) is 0.438. The standard InChI is InChI=1S/C24H31ClO7/c1-29-8-9-30-10-11-31-19-5-2-16(3-6-19)12-18-13-17(4-7-21(18)25)24-23(28)22(27)14-20(15-26)32-24/h2-7,13,20,22-24,26-28H,8-12,14-15H2,1H3/t20-,22-,23+,24+/m0/s1.